The Balaban J connectivity index is 1.35. The van der Waals surface area contributed by atoms with Gasteiger partial charge in [0, 0.05) is 24.8 Å². The van der Waals surface area contributed by atoms with Crippen molar-refractivity contribution < 1.29 is 9.47 Å². The molecule has 1 N–H and O–H groups in total. The van der Waals surface area contributed by atoms with Crippen LogP contribution in [0.5, 0.6) is 11.6 Å². The molecule has 24 heavy (non-hydrogen) atoms. The summed E-state index contributed by atoms with van der Waals surface area (Å²) in [6.07, 6.45) is 4.42. The lowest BCUT2D eigenvalue weighted by molar-refractivity contribution is 0.212. The molecule has 0 atom stereocenters. The molecule has 0 aliphatic carbocycles. The Labute approximate surface area is 148 Å². The maximum Gasteiger partial charge on any atom is 0.213 e. The second-order valence-electron chi connectivity index (χ2n) is 5.78. The van der Waals surface area contributed by atoms with Gasteiger partial charge >= 0.3 is 0 Å². The summed E-state index contributed by atoms with van der Waals surface area (Å²) in [5.74, 6) is 4.04. The lowest BCUT2D eigenvalue weighted by Gasteiger charge is -2.22. The number of rotatable bonds is 8. The molecule has 0 amide bonds. The summed E-state index contributed by atoms with van der Waals surface area (Å²) in [4.78, 5) is 4.37. The van der Waals surface area contributed by atoms with E-state index in [9.17, 15) is 0 Å². The van der Waals surface area contributed by atoms with Crippen molar-refractivity contribution in [2.24, 2.45) is 0 Å². The van der Waals surface area contributed by atoms with Gasteiger partial charge in [0.2, 0.25) is 5.88 Å². The second kappa shape index (κ2) is 9.55. The monoisotopic (exact) mass is 344 g/mol. The number of hydrogen-bond donors (Lipinski definition) is 1. The normalized spacial score (nSPS) is 15.2. The van der Waals surface area contributed by atoms with E-state index in [2.05, 4.69) is 28.1 Å². The Morgan fingerprint density at radius 1 is 1.00 bits per heavy atom. The molecule has 0 saturated carbocycles. The fourth-order valence-electron chi connectivity index (χ4n) is 2.59. The number of pyridine rings is 1. The van der Waals surface area contributed by atoms with E-state index in [1.165, 1.54) is 29.9 Å². The summed E-state index contributed by atoms with van der Waals surface area (Å²) in [5, 5.41) is 3.61. The number of para-hydroxylation sites is 1. The van der Waals surface area contributed by atoms with Crippen LogP contribution in [0, 0.1) is 0 Å². The van der Waals surface area contributed by atoms with E-state index in [4.69, 9.17) is 9.47 Å². The SMILES string of the molecule is c1ccc(OCCOc2ccc(CNC3CCSCC3)cn2)cc1. The molecule has 0 spiro atoms. The maximum atomic E-state index is 5.62. The highest BCUT2D eigenvalue weighted by atomic mass is 32.2. The maximum absolute atomic E-state index is 5.62. The third kappa shape index (κ3) is 5.73. The summed E-state index contributed by atoms with van der Waals surface area (Å²) in [6, 6.07) is 14.4. The first kappa shape index (κ1) is 17.1. The minimum absolute atomic E-state index is 0.485. The standard InChI is InChI=1S/C19H24N2O2S/c1-2-4-18(5-3-1)22-10-11-23-19-7-6-16(15-21-19)14-20-17-8-12-24-13-9-17/h1-7,15,17,20H,8-14H2. The van der Waals surface area contributed by atoms with Crippen LogP contribution in [-0.4, -0.2) is 35.7 Å². The van der Waals surface area contributed by atoms with Gasteiger partial charge in [0.25, 0.3) is 0 Å². The first-order chi connectivity index (χ1) is 11.9. The Kier molecular flexibility index (Phi) is 6.81. The lowest BCUT2D eigenvalue weighted by atomic mass is 10.1. The van der Waals surface area contributed by atoms with Crippen LogP contribution >= 0.6 is 11.8 Å². The zero-order valence-electron chi connectivity index (χ0n) is 13.8. The van der Waals surface area contributed by atoms with Crippen molar-refractivity contribution in [1.82, 2.24) is 10.3 Å². The van der Waals surface area contributed by atoms with Crippen molar-refractivity contribution in [3.8, 4) is 11.6 Å². The molecule has 0 bridgehead atoms. The summed E-state index contributed by atoms with van der Waals surface area (Å²) in [7, 11) is 0. The van der Waals surface area contributed by atoms with Gasteiger partial charge in [0.05, 0.1) is 0 Å². The first-order valence-corrected chi connectivity index (χ1v) is 9.62. The molecule has 4 nitrogen and oxygen atoms in total. The minimum Gasteiger partial charge on any atom is -0.490 e. The molecule has 1 aromatic heterocycles. The summed E-state index contributed by atoms with van der Waals surface area (Å²) in [5.41, 5.74) is 1.20. The van der Waals surface area contributed by atoms with Crippen molar-refractivity contribution in [3.63, 3.8) is 0 Å². The first-order valence-electron chi connectivity index (χ1n) is 8.47. The number of hydrogen-bond acceptors (Lipinski definition) is 5. The Hall–Kier alpha value is -1.72. The van der Waals surface area contributed by atoms with Gasteiger partial charge in [0.1, 0.15) is 19.0 Å². The van der Waals surface area contributed by atoms with Crippen molar-refractivity contribution in [2.45, 2.75) is 25.4 Å². The highest BCUT2D eigenvalue weighted by Gasteiger charge is 2.12. The number of benzene rings is 1. The molecular weight excluding hydrogens is 320 g/mol. The average Bonchev–Trinajstić information content (AvgIpc) is 2.66. The highest BCUT2D eigenvalue weighted by Crippen LogP contribution is 2.17. The number of aromatic nitrogens is 1. The fourth-order valence-corrected chi connectivity index (χ4v) is 3.69. The van der Waals surface area contributed by atoms with Gasteiger partial charge in [-0.15, -0.1) is 0 Å². The van der Waals surface area contributed by atoms with Crippen molar-refractivity contribution in [3.05, 3.63) is 54.2 Å². The summed E-state index contributed by atoms with van der Waals surface area (Å²) >= 11 is 2.05. The minimum atomic E-state index is 0.485. The molecule has 2 aromatic rings. The highest BCUT2D eigenvalue weighted by molar-refractivity contribution is 7.99. The predicted octanol–water partition coefficient (Wildman–Crippen LogP) is 3.52. The van der Waals surface area contributed by atoms with Gasteiger partial charge < -0.3 is 14.8 Å². The zero-order chi connectivity index (χ0) is 16.5. The predicted molar refractivity (Wildman–Crippen MR) is 98.9 cm³/mol. The van der Waals surface area contributed by atoms with Crippen LogP contribution in [0.15, 0.2) is 48.7 Å². The smallest absolute Gasteiger partial charge is 0.213 e. The van der Waals surface area contributed by atoms with E-state index in [1.54, 1.807) is 0 Å². The third-order valence-corrected chi connectivity index (χ3v) is 5.01. The Morgan fingerprint density at radius 3 is 2.54 bits per heavy atom. The number of nitrogens with one attached hydrogen (secondary N) is 1. The fraction of sp³-hybridized carbons (Fsp3) is 0.421. The third-order valence-electron chi connectivity index (χ3n) is 3.96. The van der Waals surface area contributed by atoms with Crippen LogP contribution in [0.3, 0.4) is 0 Å². The summed E-state index contributed by atoms with van der Waals surface area (Å²) in [6.45, 7) is 1.87. The van der Waals surface area contributed by atoms with Gasteiger partial charge in [0.15, 0.2) is 0 Å². The largest absolute Gasteiger partial charge is 0.490 e. The summed E-state index contributed by atoms with van der Waals surface area (Å²) < 4.78 is 11.2. The van der Waals surface area contributed by atoms with Gasteiger partial charge in [-0.3, -0.25) is 0 Å². The van der Waals surface area contributed by atoms with Gasteiger partial charge in [-0.1, -0.05) is 24.3 Å². The van der Waals surface area contributed by atoms with E-state index in [-0.39, 0.29) is 0 Å². The van der Waals surface area contributed by atoms with Crippen LogP contribution in [-0.2, 0) is 6.54 Å². The van der Waals surface area contributed by atoms with E-state index in [1.807, 2.05) is 42.6 Å². The molecule has 5 heteroatoms. The van der Waals surface area contributed by atoms with Gasteiger partial charge in [-0.05, 0) is 42.0 Å². The van der Waals surface area contributed by atoms with Crippen LogP contribution in [0.2, 0.25) is 0 Å². The molecule has 0 radical (unpaired) electrons. The van der Waals surface area contributed by atoms with Crippen LogP contribution < -0.4 is 14.8 Å². The Bertz CT molecular complexity index is 586. The van der Waals surface area contributed by atoms with E-state index >= 15 is 0 Å². The van der Waals surface area contributed by atoms with Crippen molar-refractivity contribution in [2.75, 3.05) is 24.7 Å². The molecule has 1 aliphatic heterocycles. The zero-order valence-corrected chi connectivity index (χ0v) is 14.6. The van der Waals surface area contributed by atoms with E-state index in [0.29, 0.717) is 25.1 Å². The quantitative estimate of drug-likeness (QED) is 0.742. The van der Waals surface area contributed by atoms with Crippen LogP contribution in [0.4, 0.5) is 0 Å². The molecule has 1 fully saturated rings. The van der Waals surface area contributed by atoms with Crippen molar-refractivity contribution in [1.29, 1.82) is 0 Å². The molecule has 1 saturated heterocycles. The van der Waals surface area contributed by atoms with Gasteiger partial charge in [-0.2, -0.15) is 11.8 Å². The van der Waals surface area contributed by atoms with E-state index in [0.717, 1.165) is 12.3 Å². The molecule has 128 valence electrons. The second-order valence-corrected chi connectivity index (χ2v) is 7.01. The Morgan fingerprint density at radius 2 is 1.79 bits per heavy atom. The van der Waals surface area contributed by atoms with Crippen LogP contribution in [0.1, 0.15) is 18.4 Å². The van der Waals surface area contributed by atoms with E-state index < -0.39 is 0 Å². The molecule has 3 rings (SSSR count). The van der Waals surface area contributed by atoms with Crippen LogP contribution in [0.25, 0.3) is 0 Å². The molecule has 2 heterocycles. The lowest BCUT2D eigenvalue weighted by Crippen LogP contribution is -2.32. The van der Waals surface area contributed by atoms with Gasteiger partial charge in [-0.25, -0.2) is 4.98 Å². The molecule has 1 aliphatic rings. The van der Waals surface area contributed by atoms with Crippen molar-refractivity contribution >= 4 is 11.8 Å². The topological polar surface area (TPSA) is 43.4 Å². The number of ether oxygens (including phenoxy) is 2. The average molecular weight is 344 g/mol. The number of nitrogens with zero attached hydrogens (tertiary/aromatic N) is 1. The number of thioether (sulfide) groups is 1. The molecule has 0 unspecified atom stereocenters. The molecule has 1 aromatic carbocycles. The molecular formula is C19H24N2O2S.